The normalized spacial score (nSPS) is 15.5. The van der Waals surface area contributed by atoms with Crippen molar-refractivity contribution in [2.45, 2.75) is 6.92 Å². The molecule has 6 nitrogen and oxygen atoms in total. The largest absolute Gasteiger partial charge is 0.379 e. The number of ether oxygens (including phenoxy) is 1. The standard InChI is InChI=1S/C16H20N4O2S/c1-12-14(23-16(19-12)13-3-2-4-17-11-13)15(21)18-5-6-20-7-9-22-10-8-20/h2-4,11H,5-10H2,1H3,(H,18,21). The van der Waals surface area contributed by atoms with E-state index in [9.17, 15) is 4.79 Å². The third kappa shape index (κ3) is 4.13. The Bertz CT molecular complexity index is 653. The van der Waals surface area contributed by atoms with E-state index in [1.165, 1.54) is 11.3 Å². The lowest BCUT2D eigenvalue weighted by molar-refractivity contribution is 0.0383. The fraction of sp³-hybridized carbons (Fsp3) is 0.438. The number of rotatable bonds is 5. The molecule has 0 saturated carbocycles. The minimum Gasteiger partial charge on any atom is -0.379 e. The van der Waals surface area contributed by atoms with Crippen LogP contribution in [-0.2, 0) is 4.74 Å². The van der Waals surface area contributed by atoms with E-state index in [0.29, 0.717) is 11.4 Å². The van der Waals surface area contributed by atoms with Crippen molar-refractivity contribution in [2.24, 2.45) is 0 Å². The van der Waals surface area contributed by atoms with E-state index in [4.69, 9.17) is 4.74 Å². The second kappa shape index (κ2) is 7.63. The highest BCUT2D eigenvalue weighted by Crippen LogP contribution is 2.27. The average Bonchev–Trinajstić information content (AvgIpc) is 2.98. The summed E-state index contributed by atoms with van der Waals surface area (Å²) in [5.41, 5.74) is 1.70. The highest BCUT2D eigenvalue weighted by Gasteiger charge is 2.16. The Balaban J connectivity index is 1.58. The zero-order valence-electron chi connectivity index (χ0n) is 13.1. The van der Waals surface area contributed by atoms with Crippen LogP contribution in [0.2, 0.25) is 0 Å². The third-order valence-corrected chi connectivity index (χ3v) is 4.93. The van der Waals surface area contributed by atoms with Gasteiger partial charge in [0, 0.05) is 44.1 Å². The maximum Gasteiger partial charge on any atom is 0.263 e. The molecular formula is C16H20N4O2S. The number of nitrogens with zero attached hydrogens (tertiary/aromatic N) is 3. The maximum absolute atomic E-state index is 12.4. The van der Waals surface area contributed by atoms with E-state index in [1.807, 2.05) is 19.1 Å². The zero-order chi connectivity index (χ0) is 16.1. The molecule has 2 aromatic heterocycles. The number of carbonyl (C=O) groups excluding carboxylic acids is 1. The Morgan fingerprint density at radius 1 is 1.43 bits per heavy atom. The number of hydrogen-bond donors (Lipinski definition) is 1. The lowest BCUT2D eigenvalue weighted by Gasteiger charge is -2.26. The van der Waals surface area contributed by atoms with Gasteiger partial charge in [-0.3, -0.25) is 14.7 Å². The Kier molecular flexibility index (Phi) is 5.32. The van der Waals surface area contributed by atoms with Crippen molar-refractivity contribution < 1.29 is 9.53 Å². The van der Waals surface area contributed by atoms with Gasteiger partial charge in [0.25, 0.3) is 5.91 Å². The van der Waals surface area contributed by atoms with Crippen molar-refractivity contribution in [1.82, 2.24) is 20.2 Å². The quantitative estimate of drug-likeness (QED) is 0.900. The van der Waals surface area contributed by atoms with Crippen LogP contribution < -0.4 is 5.32 Å². The van der Waals surface area contributed by atoms with Crippen LogP contribution in [0.4, 0.5) is 0 Å². The average molecular weight is 332 g/mol. The van der Waals surface area contributed by atoms with Crippen molar-refractivity contribution in [2.75, 3.05) is 39.4 Å². The van der Waals surface area contributed by atoms with Crippen LogP contribution in [0.25, 0.3) is 10.6 Å². The molecule has 3 rings (SSSR count). The lowest BCUT2D eigenvalue weighted by Crippen LogP contribution is -2.41. The van der Waals surface area contributed by atoms with E-state index in [0.717, 1.165) is 49.1 Å². The minimum absolute atomic E-state index is 0.0524. The van der Waals surface area contributed by atoms with Crippen molar-refractivity contribution in [3.8, 4) is 10.6 Å². The van der Waals surface area contributed by atoms with Crippen molar-refractivity contribution in [1.29, 1.82) is 0 Å². The summed E-state index contributed by atoms with van der Waals surface area (Å²) < 4.78 is 5.32. The Labute approximate surface area is 139 Å². The number of hydrogen-bond acceptors (Lipinski definition) is 6. The summed E-state index contributed by atoms with van der Waals surface area (Å²) in [5, 5.41) is 3.81. The molecule has 1 N–H and O–H groups in total. The summed E-state index contributed by atoms with van der Waals surface area (Å²) in [6, 6.07) is 3.82. The number of pyridine rings is 1. The van der Waals surface area contributed by atoms with Gasteiger partial charge in [-0.25, -0.2) is 4.98 Å². The van der Waals surface area contributed by atoms with Gasteiger partial charge >= 0.3 is 0 Å². The third-order valence-electron chi connectivity index (χ3n) is 3.73. The lowest BCUT2D eigenvalue weighted by atomic mass is 10.3. The van der Waals surface area contributed by atoms with Gasteiger partial charge in [-0.05, 0) is 19.1 Å². The molecule has 1 aliphatic heterocycles. The molecule has 0 aliphatic carbocycles. The number of thiazole rings is 1. The first-order valence-electron chi connectivity index (χ1n) is 7.70. The van der Waals surface area contributed by atoms with Crippen LogP contribution in [-0.4, -0.2) is 60.2 Å². The highest BCUT2D eigenvalue weighted by molar-refractivity contribution is 7.17. The summed E-state index contributed by atoms with van der Waals surface area (Å²) >= 11 is 1.41. The fourth-order valence-electron chi connectivity index (χ4n) is 2.45. The van der Waals surface area contributed by atoms with E-state index in [1.54, 1.807) is 12.4 Å². The molecule has 1 aliphatic rings. The van der Waals surface area contributed by atoms with Crippen LogP contribution in [0.1, 0.15) is 15.4 Å². The van der Waals surface area contributed by atoms with E-state index < -0.39 is 0 Å². The smallest absolute Gasteiger partial charge is 0.263 e. The first-order valence-corrected chi connectivity index (χ1v) is 8.52. The van der Waals surface area contributed by atoms with Gasteiger partial charge in [0.05, 0.1) is 18.9 Å². The fourth-order valence-corrected chi connectivity index (χ4v) is 3.43. The SMILES string of the molecule is Cc1nc(-c2cccnc2)sc1C(=O)NCCN1CCOCC1. The maximum atomic E-state index is 12.4. The van der Waals surface area contributed by atoms with Gasteiger partial charge in [-0.1, -0.05) is 0 Å². The molecule has 122 valence electrons. The van der Waals surface area contributed by atoms with Gasteiger partial charge in [0.1, 0.15) is 9.88 Å². The second-order valence-corrected chi connectivity index (χ2v) is 6.38. The summed E-state index contributed by atoms with van der Waals surface area (Å²) in [5.74, 6) is -0.0524. The highest BCUT2D eigenvalue weighted by atomic mass is 32.1. The Morgan fingerprint density at radius 3 is 3.00 bits per heavy atom. The van der Waals surface area contributed by atoms with Crippen molar-refractivity contribution in [3.05, 3.63) is 35.1 Å². The van der Waals surface area contributed by atoms with Crippen molar-refractivity contribution in [3.63, 3.8) is 0 Å². The molecule has 0 atom stereocenters. The molecule has 1 fully saturated rings. The number of amides is 1. The number of nitrogens with one attached hydrogen (secondary N) is 1. The molecule has 7 heteroatoms. The Hall–Kier alpha value is -1.83. The molecule has 1 saturated heterocycles. The monoisotopic (exact) mass is 332 g/mol. The van der Waals surface area contributed by atoms with E-state index >= 15 is 0 Å². The minimum atomic E-state index is -0.0524. The second-order valence-electron chi connectivity index (χ2n) is 5.39. The summed E-state index contributed by atoms with van der Waals surface area (Å²) in [6.45, 7) is 6.77. The molecular weight excluding hydrogens is 312 g/mol. The molecule has 2 aromatic rings. The van der Waals surface area contributed by atoms with Gasteiger partial charge in [0.15, 0.2) is 0 Å². The van der Waals surface area contributed by atoms with Crippen LogP contribution >= 0.6 is 11.3 Å². The van der Waals surface area contributed by atoms with Crippen LogP contribution in [0.3, 0.4) is 0 Å². The number of aromatic nitrogens is 2. The van der Waals surface area contributed by atoms with Crippen molar-refractivity contribution >= 4 is 17.2 Å². The molecule has 0 bridgehead atoms. The van der Waals surface area contributed by atoms with Crippen LogP contribution in [0.5, 0.6) is 0 Å². The molecule has 0 radical (unpaired) electrons. The number of carbonyl (C=O) groups is 1. The summed E-state index contributed by atoms with van der Waals surface area (Å²) in [6.07, 6.45) is 3.49. The van der Waals surface area contributed by atoms with E-state index in [2.05, 4.69) is 20.2 Å². The van der Waals surface area contributed by atoms with Crippen LogP contribution in [0, 0.1) is 6.92 Å². The van der Waals surface area contributed by atoms with Gasteiger partial charge in [-0.2, -0.15) is 0 Å². The number of aryl methyl sites for hydroxylation is 1. The van der Waals surface area contributed by atoms with Gasteiger partial charge < -0.3 is 10.1 Å². The predicted octanol–water partition coefficient (Wildman–Crippen LogP) is 1.58. The zero-order valence-corrected chi connectivity index (χ0v) is 13.9. The molecule has 0 spiro atoms. The van der Waals surface area contributed by atoms with Crippen LogP contribution in [0.15, 0.2) is 24.5 Å². The summed E-state index contributed by atoms with van der Waals surface area (Å²) in [4.78, 5) is 23.9. The predicted molar refractivity (Wildman–Crippen MR) is 89.7 cm³/mol. The van der Waals surface area contributed by atoms with Gasteiger partial charge in [0.2, 0.25) is 0 Å². The molecule has 0 unspecified atom stereocenters. The first kappa shape index (κ1) is 16.0. The molecule has 1 amide bonds. The molecule has 3 heterocycles. The topological polar surface area (TPSA) is 67.4 Å². The molecule has 0 aromatic carbocycles. The number of morpholine rings is 1. The van der Waals surface area contributed by atoms with E-state index in [-0.39, 0.29) is 5.91 Å². The Morgan fingerprint density at radius 2 is 2.26 bits per heavy atom. The molecule has 23 heavy (non-hydrogen) atoms. The summed E-state index contributed by atoms with van der Waals surface area (Å²) in [7, 11) is 0. The van der Waals surface area contributed by atoms with Gasteiger partial charge in [-0.15, -0.1) is 11.3 Å². The first-order chi connectivity index (χ1) is 11.2.